The van der Waals surface area contributed by atoms with Crippen LogP contribution in [-0.2, 0) is 18.4 Å². The lowest BCUT2D eigenvalue weighted by Gasteiger charge is -2.25. The number of phosphoric acid groups is 1. The molecule has 0 heterocycles. The highest BCUT2D eigenvalue weighted by atomic mass is 31.2. The zero-order valence-electron chi connectivity index (χ0n) is 52.1. The van der Waals surface area contributed by atoms with Crippen LogP contribution in [0.3, 0.4) is 0 Å². The van der Waals surface area contributed by atoms with Gasteiger partial charge in [-0.3, -0.25) is 13.8 Å². The lowest BCUT2D eigenvalue weighted by atomic mass is 10.0. The number of amides is 1. The summed E-state index contributed by atoms with van der Waals surface area (Å²) < 4.78 is 23.8. The van der Waals surface area contributed by atoms with Gasteiger partial charge in [0.25, 0.3) is 0 Å². The van der Waals surface area contributed by atoms with Crippen LogP contribution >= 0.6 is 7.82 Å². The first-order valence-electron chi connectivity index (χ1n) is 32.8. The molecule has 0 aromatic carbocycles. The van der Waals surface area contributed by atoms with Crippen LogP contribution in [-0.4, -0.2) is 73.4 Å². The summed E-state index contributed by atoms with van der Waals surface area (Å²) in [6.07, 6.45) is 87.9. The molecule has 3 unspecified atom stereocenters. The minimum absolute atomic E-state index is 0.0475. The topological polar surface area (TPSA) is 105 Å². The van der Waals surface area contributed by atoms with Gasteiger partial charge in [-0.1, -0.05) is 284 Å². The summed E-state index contributed by atoms with van der Waals surface area (Å²) >= 11 is 0. The van der Waals surface area contributed by atoms with E-state index >= 15 is 0 Å². The zero-order chi connectivity index (χ0) is 57.7. The second-order valence-corrected chi connectivity index (χ2v) is 24.5. The van der Waals surface area contributed by atoms with Gasteiger partial charge in [-0.2, -0.15) is 0 Å². The summed E-state index contributed by atoms with van der Waals surface area (Å²) in [6, 6.07) is -0.881. The second-order valence-electron chi connectivity index (χ2n) is 23.1. The van der Waals surface area contributed by atoms with Crippen LogP contribution in [0.25, 0.3) is 0 Å². The Morgan fingerprint density at radius 1 is 0.443 bits per heavy atom. The Hall–Kier alpha value is -2.84. The number of unbranched alkanes of at least 4 members (excludes halogenated alkanes) is 30. The highest BCUT2D eigenvalue weighted by Crippen LogP contribution is 2.43. The van der Waals surface area contributed by atoms with Crippen molar-refractivity contribution >= 4 is 13.7 Å². The number of hydrogen-bond acceptors (Lipinski definition) is 5. The monoisotopic (exact) mass is 1120 g/mol. The first kappa shape index (κ1) is 76.2. The Labute approximate surface area is 489 Å². The van der Waals surface area contributed by atoms with Crippen LogP contribution in [0.5, 0.6) is 0 Å². The van der Waals surface area contributed by atoms with E-state index in [9.17, 15) is 19.4 Å². The molecule has 0 aromatic heterocycles. The number of allylic oxidation sites excluding steroid dienone is 17. The first-order chi connectivity index (χ1) is 38.5. The highest BCUT2D eigenvalue weighted by molar-refractivity contribution is 7.47. The van der Waals surface area contributed by atoms with Gasteiger partial charge < -0.3 is 19.8 Å². The lowest BCUT2D eigenvalue weighted by molar-refractivity contribution is -0.870. The van der Waals surface area contributed by atoms with Crippen molar-refractivity contribution in [1.82, 2.24) is 5.32 Å². The van der Waals surface area contributed by atoms with Crippen LogP contribution in [0.2, 0.25) is 0 Å². The summed E-state index contributed by atoms with van der Waals surface area (Å²) in [5, 5.41) is 14.0. The van der Waals surface area contributed by atoms with Gasteiger partial charge in [0.05, 0.1) is 39.9 Å². The minimum atomic E-state index is -4.37. The molecule has 0 aliphatic carbocycles. The standard InChI is InChI=1S/C70H125N2O6P/c1-6-8-10-12-14-16-18-20-22-24-26-28-30-32-34-36-38-40-42-44-46-48-50-52-54-56-58-60-62-64-70(74)71-68(67-78-79(75,76)77-66-65-72(3,4)5)69(73)63-61-59-57-55-53-51-49-47-45-43-41-39-37-35-33-31-29-27-25-23-21-19-17-15-13-11-9-7-2/h8,10,14,16,20,22,26,28,32,34,38,40,45,47,53,55,61,63,68-69,73H,6-7,9,11-13,15,17-19,21,23-25,27,29-31,33,35-37,39,41-44,46,48-52,54,56-60,62,64-67H2,1-5H3,(H-,71,74,75,76)/p+1/b10-8-,16-14-,22-20-,28-26-,34-32-,40-38-,47-45+,55-53+,63-61+. The van der Waals surface area contributed by atoms with E-state index in [1.54, 1.807) is 6.08 Å². The molecular weight excluding hydrogens is 996 g/mol. The number of rotatable bonds is 59. The third kappa shape index (κ3) is 62.6. The van der Waals surface area contributed by atoms with Gasteiger partial charge in [0.2, 0.25) is 5.91 Å². The van der Waals surface area contributed by atoms with Gasteiger partial charge in [-0.25, -0.2) is 4.57 Å². The predicted molar refractivity (Wildman–Crippen MR) is 345 cm³/mol. The molecule has 9 heteroatoms. The normalized spacial score (nSPS) is 14.5. The SMILES string of the molecule is CC/C=C\C/C=C\C/C=C\C/C=C\C/C=C\C/C=C\CCCCCCCCCCCCC(=O)NC(COP(=O)(O)OCC[N+](C)(C)C)C(O)/C=C/CC/C=C/CC/C=C/CCCCCCCCCCCCCCCCCCCC. The maximum Gasteiger partial charge on any atom is 0.472 e. The fourth-order valence-electron chi connectivity index (χ4n) is 9.14. The quantitative estimate of drug-likeness (QED) is 0.0243. The molecule has 0 saturated carbocycles. The number of quaternary nitrogens is 1. The molecule has 0 aliphatic rings. The molecule has 0 aromatic rings. The maximum absolute atomic E-state index is 13.0. The van der Waals surface area contributed by atoms with E-state index in [-0.39, 0.29) is 19.1 Å². The third-order valence-corrected chi connectivity index (χ3v) is 15.2. The van der Waals surface area contributed by atoms with Crippen LogP contribution in [0.4, 0.5) is 0 Å². The Morgan fingerprint density at radius 2 is 0.772 bits per heavy atom. The van der Waals surface area contributed by atoms with E-state index < -0.39 is 20.0 Å². The van der Waals surface area contributed by atoms with Crippen LogP contribution in [0.15, 0.2) is 109 Å². The molecule has 0 aliphatic heterocycles. The van der Waals surface area contributed by atoms with Crippen LogP contribution in [0.1, 0.15) is 277 Å². The van der Waals surface area contributed by atoms with E-state index in [1.165, 1.54) is 167 Å². The average molecular weight is 1120 g/mol. The number of carbonyl (C=O) groups is 1. The number of aliphatic hydroxyl groups is 1. The number of phosphoric ester groups is 1. The number of likely N-dealkylation sites (N-methyl/N-ethyl adjacent to an activating group) is 1. The number of nitrogens with one attached hydrogen (secondary N) is 1. The van der Waals surface area contributed by atoms with Gasteiger partial charge in [-0.05, 0) is 96.3 Å². The van der Waals surface area contributed by atoms with E-state index in [4.69, 9.17) is 9.05 Å². The minimum Gasteiger partial charge on any atom is -0.387 e. The lowest BCUT2D eigenvalue weighted by Crippen LogP contribution is -2.45. The first-order valence-corrected chi connectivity index (χ1v) is 34.3. The third-order valence-electron chi connectivity index (χ3n) is 14.2. The summed E-state index contributed by atoms with van der Waals surface area (Å²) in [6.45, 7) is 4.68. The Bertz CT molecular complexity index is 1650. The summed E-state index contributed by atoms with van der Waals surface area (Å²) in [7, 11) is 1.53. The highest BCUT2D eigenvalue weighted by Gasteiger charge is 2.27. The fraction of sp³-hybridized carbons (Fsp3) is 0.729. The van der Waals surface area contributed by atoms with Crippen molar-refractivity contribution in [3.05, 3.63) is 109 Å². The summed E-state index contributed by atoms with van der Waals surface area (Å²) in [5.74, 6) is -0.198. The van der Waals surface area contributed by atoms with Crippen molar-refractivity contribution in [2.45, 2.75) is 289 Å². The van der Waals surface area contributed by atoms with E-state index in [0.717, 1.165) is 89.9 Å². The van der Waals surface area contributed by atoms with E-state index in [0.29, 0.717) is 17.4 Å². The molecule has 0 fully saturated rings. The predicted octanol–water partition coefficient (Wildman–Crippen LogP) is 20.7. The van der Waals surface area contributed by atoms with Crippen molar-refractivity contribution in [3.63, 3.8) is 0 Å². The van der Waals surface area contributed by atoms with Gasteiger partial charge in [0, 0.05) is 6.42 Å². The van der Waals surface area contributed by atoms with Crippen molar-refractivity contribution in [2.24, 2.45) is 0 Å². The molecule has 1 amide bonds. The largest absolute Gasteiger partial charge is 0.472 e. The Balaban J connectivity index is 4.23. The number of hydrogen-bond donors (Lipinski definition) is 3. The maximum atomic E-state index is 13.0. The summed E-state index contributed by atoms with van der Waals surface area (Å²) in [5.41, 5.74) is 0. The van der Waals surface area contributed by atoms with Crippen molar-refractivity contribution in [1.29, 1.82) is 0 Å². The van der Waals surface area contributed by atoms with Crippen molar-refractivity contribution in [3.8, 4) is 0 Å². The molecule has 0 rings (SSSR count). The fourth-order valence-corrected chi connectivity index (χ4v) is 9.87. The molecule has 0 bridgehead atoms. The van der Waals surface area contributed by atoms with Gasteiger partial charge in [-0.15, -0.1) is 0 Å². The van der Waals surface area contributed by atoms with Gasteiger partial charge in [0.15, 0.2) is 0 Å². The van der Waals surface area contributed by atoms with Crippen LogP contribution in [0, 0.1) is 0 Å². The molecular formula is C70H126N2O6P+. The van der Waals surface area contributed by atoms with E-state index in [2.05, 4.69) is 116 Å². The molecule has 3 atom stereocenters. The number of nitrogens with zero attached hydrogens (tertiary/aromatic N) is 1. The van der Waals surface area contributed by atoms with Crippen LogP contribution < -0.4 is 5.32 Å². The molecule has 0 saturated heterocycles. The number of aliphatic hydroxyl groups excluding tert-OH is 1. The number of carbonyl (C=O) groups excluding carboxylic acids is 1. The van der Waals surface area contributed by atoms with Crippen molar-refractivity contribution < 1.29 is 32.9 Å². The Morgan fingerprint density at radius 3 is 1.16 bits per heavy atom. The molecule has 456 valence electrons. The second kappa shape index (κ2) is 59.8. The molecule has 0 radical (unpaired) electrons. The summed E-state index contributed by atoms with van der Waals surface area (Å²) in [4.78, 5) is 23.4. The van der Waals surface area contributed by atoms with E-state index in [1.807, 2.05) is 27.2 Å². The zero-order valence-corrected chi connectivity index (χ0v) is 53.0. The Kier molecular flexibility index (Phi) is 57.6. The van der Waals surface area contributed by atoms with Gasteiger partial charge >= 0.3 is 7.82 Å². The average Bonchev–Trinajstić information content (AvgIpc) is 3.42. The molecule has 0 spiro atoms. The van der Waals surface area contributed by atoms with Crippen molar-refractivity contribution in [2.75, 3.05) is 40.9 Å². The smallest absolute Gasteiger partial charge is 0.387 e. The molecule has 79 heavy (non-hydrogen) atoms. The molecule has 3 N–H and O–H groups in total. The van der Waals surface area contributed by atoms with Gasteiger partial charge in [0.1, 0.15) is 13.2 Å². The molecule has 8 nitrogen and oxygen atoms in total.